The van der Waals surface area contributed by atoms with Gasteiger partial charge in [0.05, 0.1) is 47.5 Å². The van der Waals surface area contributed by atoms with Gasteiger partial charge in [-0.15, -0.1) is 0 Å². The number of carboxylic acids is 1. The smallest absolute Gasteiger partial charge is 0.309 e. The van der Waals surface area contributed by atoms with Crippen molar-refractivity contribution in [3.8, 4) is 17.2 Å². The molecule has 17 heteroatoms. The van der Waals surface area contributed by atoms with Gasteiger partial charge in [-0.05, 0) is 45.6 Å². The Kier molecular flexibility index (Phi) is 12.0. The number of aromatic hydroxyl groups is 2. The molecule has 2 aromatic rings. The highest BCUT2D eigenvalue weighted by Gasteiger charge is 2.58. The van der Waals surface area contributed by atoms with E-state index in [4.69, 9.17) is 14.2 Å². The van der Waals surface area contributed by atoms with E-state index >= 15 is 0 Å². The molecule has 1 saturated heterocycles. The fourth-order valence-electron chi connectivity index (χ4n) is 10.0. The number of benzene rings is 2. The molecule has 9 atom stereocenters. The highest BCUT2D eigenvalue weighted by molar-refractivity contribution is 6.31. The van der Waals surface area contributed by atoms with Gasteiger partial charge < -0.3 is 55.5 Å². The number of unbranched alkanes of at least 4 members (excludes halogenated alkanes) is 1. The number of carboxylic acid groups (broad SMARTS) is 1. The Labute approximate surface area is 346 Å². The molecular formula is C43H54N2O15. The van der Waals surface area contributed by atoms with Crippen molar-refractivity contribution in [3.05, 3.63) is 51.6 Å². The standard InChI is InChI=1S/C43H54N2O15/c1-7-8-12-44-37(53)40(3)17-41(4,19-42(5,18-40)39(55)56)38(54)45-23-13-27(59-20(2)32(23)48)60-25-15-43(57,26(47)16-46)14-22-29(25)36(52)31-30(34(22)50)33(49)21-10-9-11-24(58-6)28(21)35(31)51/h9-11,20,23,25,27,32,46,48,50,52,57H,7-8,12-19H2,1-6H3,(H,44,53)(H,45,54)(H,55,56)/t20?,23?,25-,27?,32?,40?,41?,42?,43-/m0/s1. The molecule has 1 aliphatic heterocycles. The largest absolute Gasteiger partial charge is 0.507 e. The molecule has 2 fully saturated rings. The third kappa shape index (κ3) is 7.54. The Morgan fingerprint density at radius 2 is 1.57 bits per heavy atom. The van der Waals surface area contributed by atoms with Crippen molar-refractivity contribution >= 4 is 35.1 Å². The first-order valence-electron chi connectivity index (χ1n) is 20.1. The fourth-order valence-corrected chi connectivity index (χ4v) is 10.0. The molecule has 4 aliphatic rings. The average molecular weight is 839 g/mol. The molecule has 8 N–H and O–H groups in total. The van der Waals surface area contributed by atoms with Crippen molar-refractivity contribution in [1.82, 2.24) is 10.6 Å². The molecule has 0 spiro atoms. The first kappa shape index (κ1) is 44.6. The quantitative estimate of drug-likeness (QED) is 0.0961. The van der Waals surface area contributed by atoms with Crippen LogP contribution >= 0.6 is 0 Å². The molecule has 326 valence electrons. The normalized spacial score (nSPS) is 32.2. The van der Waals surface area contributed by atoms with Crippen LogP contribution in [-0.2, 0) is 35.1 Å². The second kappa shape index (κ2) is 16.2. The number of methoxy groups -OCH3 is 1. The summed E-state index contributed by atoms with van der Waals surface area (Å²) in [7, 11) is 1.29. The predicted octanol–water partition coefficient (Wildman–Crippen LogP) is 2.36. The maximum Gasteiger partial charge on any atom is 0.309 e. The zero-order valence-corrected chi connectivity index (χ0v) is 34.5. The van der Waals surface area contributed by atoms with Crippen LogP contribution < -0.4 is 15.4 Å². The maximum atomic E-state index is 14.3. The Bertz CT molecular complexity index is 2140. The third-order valence-corrected chi connectivity index (χ3v) is 12.8. The topological polar surface area (TPSA) is 276 Å². The lowest BCUT2D eigenvalue weighted by Crippen LogP contribution is -2.61. The minimum absolute atomic E-state index is 0.00243. The first-order chi connectivity index (χ1) is 28.1. The molecular weight excluding hydrogens is 784 g/mol. The molecule has 7 unspecified atom stereocenters. The van der Waals surface area contributed by atoms with Crippen LogP contribution in [0, 0.1) is 16.2 Å². The molecule has 1 heterocycles. The van der Waals surface area contributed by atoms with Crippen LogP contribution in [0.3, 0.4) is 0 Å². The average Bonchev–Trinajstić information content (AvgIpc) is 3.18. The zero-order valence-electron chi connectivity index (χ0n) is 34.5. The van der Waals surface area contributed by atoms with Crippen molar-refractivity contribution in [2.24, 2.45) is 16.2 Å². The molecule has 0 bridgehead atoms. The lowest BCUT2D eigenvalue weighted by molar-refractivity contribution is -0.249. The van der Waals surface area contributed by atoms with Gasteiger partial charge in [0.15, 0.2) is 17.9 Å². The monoisotopic (exact) mass is 838 g/mol. The van der Waals surface area contributed by atoms with E-state index < -0.39 is 124 Å². The van der Waals surface area contributed by atoms with Crippen molar-refractivity contribution < 1.29 is 73.6 Å². The van der Waals surface area contributed by atoms with Gasteiger partial charge in [-0.2, -0.15) is 0 Å². The number of hydrogen-bond acceptors (Lipinski definition) is 14. The molecule has 2 amide bonds. The highest BCUT2D eigenvalue weighted by atomic mass is 16.7. The third-order valence-electron chi connectivity index (χ3n) is 12.8. The summed E-state index contributed by atoms with van der Waals surface area (Å²) < 4.78 is 17.6. The van der Waals surface area contributed by atoms with Crippen molar-refractivity contribution in [2.45, 2.75) is 122 Å². The number of aliphatic carboxylic acids is 1. The Morgan fingerprint density at radius 3 is 2.18 bits per heavy atom. The van der Waals surface area contributed by atoms with Crippen LogP contribution in [0.5, 0.6) is 17.2 Å². The molecule has 60 heavy (non-hydrogen) atoms. The Morgan fingerprint density at radius 1 is 0.933 bits per heavy atom. The number of aliphatic hydroxyl groups excluding tert-OH is 2. The van der Waals surface area contributed by atoms with Crippen LogP contribution in [0.4, 0.5) is 0 Å². The molecule has 3 aliphatic carbocycles. The van der Waals surface area contributed by atoms with Gasteiger partial charge in [0.2, 0.25) is 17.6 Å². The number of phenolic OH excluding ortho intramolecular Hbond substituents is 2. The van der Waals surface area contributed by atoms with Crippen LogP contribution in [-0.4, -0.2) is 116 Å². The summed E-state index contributed by atoms with van der Waals surface area (Å²) >= 11 is 0. The second-order valence-corrected chi connectivity index (χ2v) is 17.7. The van der Waals surface area contributed by atoms with E-state index in [-0.39, 0.29) is 59.6 Å². The van der Waals surface area contributed by atoms with E-state index in [1.807, 2.05) is 6.92 Å². The molecule has 2 aromatic carbocycles. The number of phenols is 2. The summed E-state index contributed by atoms with van der Waals surface area (Å²) in [5.41, 5.74) is -8.41. The number of nitrogens with one attached hydrogen (secondary N) is 2. The van der Waals surface area contributed by atoms with E-state index in [1.54, 1.807) is 13.8 Å². The lowest BCUT2D eigenvalue weighted by Gasteiger charge is -2.50. The van der Waals surface area contributed by atoms with E-state index in [9.17, 15) is 59.4 Å². The summed E-state index contributed by atoms with van der Waals surface area (Å²) in [5.74, 6) is -6.43. The minimum atomic E-state index is -2.40. The number of amides is 2. The van der Waals surface area contributed by atoms with Gasteiger partial charge in [-0.25, -0.2) is 0 Å². The number of aliphatic hydroxyl groups is 3. The van der Waals surface area contributed by atoms with E-state index in [1.165, 1.54) is 39.2 Å². The number of fused-ring (bicyclic) bond motifs is 3. The van der Waals surface area contributed by atoms with E-state index in [0.717, 1.165) is 6.42 Å². The zero-order chi connectivity index (χ0) is 44.3. The molecule has 6 rings (SSSR count). The van der Waals surface area contributed by atoms with Crippen molar-refractivity contribution in [2.75, 3.05) is 20.3 Å². The minimum Gasteiger partial charge on any atom is -0.507 e. The summed E-state index contributed by atoms with van der Waals surface area (Å²) in [6.07, 6.45) is -5.40. The van der Waals surface area contributed by atoms with Gasteiger partial charge in [-0.1, -0.05) is 39.3 Å². The van der Waals surface area contributed by atoms with Crippen LogP contribution in [0.2, 0.25) is 0 Å². The predicted molar refractivity (Wildman–Crippen MR) is 209 cm³/mol. The van der Waals surface area contributed by atoms with Crippen molar-refractivity contribution in [3.63, 3.8) is 0 Å². The van der Waals surface area contributed by atoms with Gasteiger partial charge in [-0.3, -0.25) is 28.8 Å². The maximum absolute atomic E-state index is 14.3. The van der Waals surface area contributed by atoms with Crippen molar-refractivity contribution in [1.29, 1.82) is 0 Å². The lowest BCUT2D eigenvalue weighted by atomic mass is 9.54. The summed E-state index contributed by atoms with van der Waals surface area (Å²) in [6.45, 7) is 7.46. The van der Waals surface area contributed by atoms with Gasteiger partial charge in [0.25, 0.3) is 0 Å². The first-order valence-corrected chi connectivity index (χ1v) is 20.1. The summed E-state index contributed by atoms with van der Waals surface area (Å²) in [5, 5.41) is 72.4. The van der Waals surface area contributed by atoms with E-state index in [2.05, 4.69) is 10.6 Å². The second-order valence-electron chi connectivity index (χ2n) is 17.7. The van der Waals surface area contributed by atoms with Crippen LogP contribution in [0.25, 0.3) is 0 Å². The van der Waals surface area contributed by atoms with Crippen LogP contribution in [0.1, 0.15) is 129 Å². The summed E-state index contributed by atoms with van der Waals surface area (Å²) in [6, 6.07) is 3.17. The van der Waals surface area contributed by atoms with Gasteiger partial charge in [0, 0.05) is 53.3 Å². The number of Topliss-reactive ketones (excluding diaryl/α,β-unsaturated/α-hetero) is 1. The fraction of sp³-hybridized carbons (Fsp3) is 0.581. The molecule has 1 saturated carbocycles. The number of carbonyl (C=O) groups is 6. The molecule has 17 nitrogen and oxygen atoms in total. The number of carbonyl (C=O) groups excluding carboxylic acids is 5. The Hall–Kier alpha value is -4.94. The SMILES string of the molecule is CCCCNC(=O)C1(C)CC(C)(C(=O)O)CC(C)(C(=O)NC2CC(O[C@H]3C[C@](O)(C(=O)CO)Cc4c(O)c5c(c(O)c43)C(=O)c3c(OC)cccc3C5=O)OC(C)C2O)C1. The number of ketones is 3. The van der Waals surface area contributed by atoms with E-state index in [0.29, 0.717) is 13.0 Å². The number of hydrogen-bond donors (Lipinski definition) is 8. The van der Waals surface area contributed by atoms with Gasteiger partial charge >= 0.3 is 5.97 Å². The highest BCUT2D eigenvalue weighted by Crippen LogP contribution is 2.56. The number of ether oxygens (including phenoxy) is 3. The van der Waals surface area contributed by atoms with Crippen LogP contribution in [0.15, 0.2) is 18.2 Å². The van der Waals surface area contributed by atoms with Gasteiger partial charge in [0.1, 0.15) is 35.6 Å². The Balaban J connectivity index is 1.33. The number of rotatable bonds is 12. The summed E-state index contributed by atoms with van der Waals surface area (Å²) in [4.78, 5) is 81.4. The molecule has 0 aromatic heterocycles. The molecule has 0 radical (unpaired) electrons.